The van der Waals surface area contributed by atoms with Gasteiger partial charge in [-0.2, -0.15) is 4.99 Å². The van der Waals surface area contributed by atoms with Crippen LogP contribution in [0.3, 0.4) is 0 Å². The van der Waals surface area contributed by atoms with Gasteiger partial charge in [-0.15, -0.1) is 11.3 Å². The molecule has 1 aromatic carbocycles. The molecule has 2 rings (SSSR count). The summed E-state index contributed by atoms with van der Waals surface area (Å²) in [5, 5.41) is 12.1. The molecular formula is C12H13N3O2S. The zero-order valence-corrected chi connectivity index (χ0v) is 10.6. The van der Waals surface area contributed by atoms with E-state index in [1.54, 1.807) is 17.5 Å². The lowest BCUT2D eigenvalue weighted by Gasteiger charge is -2.05. The molecule has 0 bridgehead atoms. The van der Waals surface area contributed by atoms with Gasteiger partial charge in [0.05, 0.1) is 0 Å². The van der Waals surface area contributed by atoms with E-state index in [0.717, 1.165) is 15.6 Å². The smallest absolute Gasteiger partial charge is 0.280 e. The fourth-order valence-corrected chi connectivity index (χ4v) is 2.62. The number of amides is 1. The standard InChI is InChI=1S/C12H13N3O2S/c1-2-6-3-8-9(16)5-18-10(8)4-7(6)11(17)15-12(13)14/h3-5,16H,2H2,1H3,(H4,13,14,15,17). The van der Waals surface area contributed by atoms with Crippen LogP contribution >= 0.6 is 11.3 Å². The lowest BCUT2D eigenvalue weighted by Crippen LogP contribution is -2.24. The van der Waals surface area contributed by atoms with Crippen molar-refractivity contribution in [1.82, 2.24) is 0 Å². The highest BCUT2D eigenvalue weighted by molar-refractivity contribution is 7.17. The number of carbonyl (C=O) groups is 1. The number of nitrogens with two attached hydrogens (primary N) is 2. The molecule has 18 heavy (non-hydrogen) atoms. The minimum atomic E-state index is -0.457. The average molecular weight is 263 g/mol. The second-order valence-corrected chi connectivity index (χ2v) is 4.73. The summed E-state index contributed by atoms with van der Waals surface area (Å²) in [6.45, 7) is 1.93. The zero-order chi connectivity index (χ0) is 13.3. The fraction of sp³-hybridized carbons (Fsp3) is 0.167. The number of fused-ring (bicyclic) bond motifs is 1. The molecule has 5 N–H and O–H groups in total. The minimum absolute atomic E-state index is 0.227. The van der Waals surface area contributed by atoms with Crippen molar-refractivity contribution in [1.29, 1.82) is 0 Å². The average Bonchev–Trinajstić information content (AvgIpc) is 2.68. The Morgan fingerprint density at radius 2 is 2.17 bits per heavy atom. The predicted molar refractivity (Wildman–Crippen MR) is 73.0 cm³/mol. The molecule has 0 aliphatic rings. The predicted octanol–water partition coefficient (Wildman–Crippen LogP) is 1.58. The van der Waals surface area contributed by atoms with E-state index in [-0.39, 0.29) is 11.7 Å². The molecule has 0 aliphatic heterocycles. The Labute approximate surface area is 108 Å². The largest absolute Gasteiger partial charge is 0.506 e. The molecule has 0 aliphatic carbocycles. The third-order valence-corrected chi connectivity index (χ3v) is 3.55. The van der Waals surface area contributed by atoms with Crippen LogP contribution in [0.1, 0.15) is 22.8 Å². The summed E-state index contributed by atoms with van der Waals surface area (Å²) >= 11 is 1.37. The molecule has 5 nitrogen and oxygen atoms in total. The van der Waals surface area contributed by atoms with E-state index in [0.29, 0.717) is 12.0 Å². The highest BCUT2D eigenvalue weighted by Gasteiger charge is 2.14. The number of hydrogen-bond acceptors (Lipinski definition) is 3. The highest BCUT2D eigenvalue weighted by atomic mass is 32.1. The topological polar surface area (TPSA) is 102 Å². The number of benzene rings is 1. The monoisotopic (exact) mass is 263 g/mol. The van der Waals surface area contributed by atoms with Crippen molar-refractivity contribution < 1.29 is 9.90 Å². The van der Waals surface area contributed by atoms with Gasteiger partial charge in [-0.25, -0.2) is 0 Å². The number of rotatable bonds is 2. The lowest BCUT2D eigenvalue weighted by atomic mass is 10.0. The number of hydrogen-bond donors (Lipinski definition) is 3. The molecule has 2 aromatic rings. The number of thiophene rings is 1. The first-order chi connectivity index (χ1) is 8.52. The Kier molecular flexibility index (Phi) is 3.20. The summed E-state index contributed by atoms with van der Waals surface area (Å²) in [4.78, 5) is 15.4. The maximum Gasteiger partial charge on any atom is 0.280 e. The summed E-state index contributed by atoms with van der Waals surface area (Å²) < 4.78 is 0.832. The highest BCUT2D eigenvalue weighted by Crippen LogP contribution is 2.33. The SMILES string of the molecule is CCc1cc2c(O)csc2cc1C(=O)N=C(N)N. The molecule has 6 heteroatoms. The van der Waals surface area contributed by atoms with Gasteiger partial charge in [-0.05, 0) is 24.1 Å². The van der Waals surface area contributed by atoms with Crippen LogP contribution in [0, 0.1) is 0 Å². The van der Waals surface area contributed by atoms with Gasteiger partial charge in [0.15, 0.2) is 5.96 Å². The van der Waals surface area contributed by atoms with Gasteiger partial charge in [-0.1, -0.05) is 6.92 Å². The van der Waals surface area contributed by atoms with Crippen molar-refractivity contribution >= 4 is 33.3 Å². The first-order valence-electron chi connectivity index (χ1n) is 5.40. The van der Waals surface area contributed by atoms with Gasteiger partial charge in [0.1, 0.15) is 5.75 Å². The number of nitrogens with zero attached hydrogens (tertiary/aromatic N) is 1. The molecule has 1 aromatic heterocycles. The van der Waals surface area contributed by atoms with E-state index in [9.17, 15) is 9.90 Å². The van der Waals surface area contributed by atoms with Crippen LogP contribution in [0.5, 0.6) is 5.75 Å². The Hall–Kier alpha value is -2.08. The van der Waals surface area contributed by atoms with Crippen LogP contribution in [0.4, 0.5) is 0 Å². The number of carbonyl (C=O) groups excluding carboxylic acids is 1. The molecule has 0 saturated carbocycles. The third kappa shape index (κ3) is 2.14. The molecule has 94 valence electrons. The zero-order valence-electron chi connectivity index (χ0n) is 9.80. The van der Waals surface area contributed by atoms with Gasteiger partial charge >= 0.3 is 0 Å². The van der Waals surface area contributed by atoms with E-state index >= 15 is 0 Å². The lowest BCUT2D eigenvalue weighted by molar-refractivity contribution is 0.100. The van der Waals surface area contributed by atoms with E-state index in [4.69, 9.17) is 11.5 Å². The first kappa shape index (κ1) is 12.4. The van der Waals surface area contributed by atoms with Crippen LogP contribution in [0.15, 0.2) is 22.5 Å². The van der Waals surface area contributed by atoms with Crippen molar-refractivity contribution in [2.24, 2.45) is 16.5 Å². The summed E-state index contributed by atoms with van der Waals surface area (Å²) in [6, 6.07) is 3.52. The van der Waals surface area contributed by atoms with Crippen molar-refractivity contribution in [2.45, 2.75) is 13.3 Å². The van der Waals surface area contributed by atoms with Crippen molar-refractivity contribution in [3.63, 3.8) is 0 Å². The molecule has 0 unspecified atom stereocenters. The second-order valence-electron chi connectivity index (χ2n) is 3.82. The van der Waals surface area contributed by atoms with Crippen LogP contribution in [0.25, 0.3) is 10.1 Å². The summed E-state index contributed by atoms with van der Waals surface area (Å²) in [7, 11) is 0. The van der Waals surface area contributed by atoms with Crippen molar-refractivity contribution in [2.75, 3.05) is 0 Å². The van der Waals surface area contributed by atoms with Crippen LogP contribution in [-0.4, -0.2) is 17.0 Å². The number of aliphatic imine (C=N–C) groups is 1. The van der Waals surface area contributed by atoms with Crippen LogP contribution < -0.4 is 11.5 Å². The van der Waals surface area contributed by atoms with Crippen molar-refractivity contribution in [3.8, 4) is 5.75 Å². The number of aromatic hydroxyl groups is 1. The van der Waals surface area contributed by atoms with Gasteiger partial charge in [0.2, 0.25) is 0 Å². The first-order valence-corrected chi connectivity index (χ1v) is 6.28. The third-order valence-electron chi connectivity index (χ3n) is 2.62. The Balaban J connectivity index is 2.62. The molecule has 0 fully saturated rings. The summed E-state index contributed by atoms with van der Waals surface area (Å²) in [5.74, 6) is -0.483. The Morgan fingerprint density at radius 1 is 1.44 bits per heavy atom. The maximum atomic E-state index is 11.9. The maximum absolute atomic E-state index is 11.9. The summed E-state index contributed by atoms with van der Waals surface area (Å²) in [5.41, 5.74) is 11.7. The molecule has 1 amide bonds. The number of guanidine groups is 1. The van der Waals surface area contributed by atoms with E-state index in [1.165, 1.54) is 11.3 Å². The normalized spacial score (nSPS) is 10.5. The van der Waals surface area contributed by atoms with Crippen LogP contribution in [-0.2, 0) is 6.42 Å². The summed E-state index contributed by atoms with van der Waals surface area (Å²) in [6.07, 6.45) is 0.659. The minimum Gasteiger partial charge on any atom is -0.506 e. The molecular weight excluding hydrogens is 250 g/mol. The fourth-order valence-electron chi connectivity index (χ4n) is 1.77. The molecule has 0 radical (unpaired) electrons. The Morgan fingerprint density at radius 3 is 2.78 bits per heavy atom. The van der Waals surface area contributed by atoms with Gasteiger partial charge in [0, 0.05) is 21.0 Å². The molecule has 1 heterocycles. The van der Waals surface area contributed by atoms with Crippen molar-refractivity contribution in [3.05, 3.63) is 28.6 Å². The number of aryl methyl sites for hydroxylation is 1. The Bertz CT molecular complexity index is 642. The van der Waals surface area contributed by atoms with Gasteiger partial charge in [-0.3, -0.25) is 4.79 Å². The van der Waals surface area contributed by atoms with Gasteiger partial charge < -0.3 is 16.6 Å². The van der Waals surface area contributed by atoms with E-state index in [1.807, 2.05) is 6.92 Å². The molecule has 0 spiro atoms. The van der Waals surface area contributed by atoms with Gasteiger partial charge in [0.25, 0.3) is 5.91 Å². The van der Waals surface area contributed by atoms with Crippen LogP contribution in [0.2, 0.25) is 0 Å². The molecule has 0 atom stereocenters. The van der Waals surface area contributed by atoms with E-state index < -0.39 is 5.91 Å². The second kappa shape index (κ2) is 4.66. The quantitative estimate of drug-likeness (QED) is 0.565. The van der Waals surface area contributed by atoms with E-state index in [2.05, 4.69) is 4.99 Å². The molecule has 0 saturated heterocycles.